The molecule has 77 valence electrons. The summed E-state index contributed by atoms with van der Waals surface area (Å²) >= 11 is 0. The molecule has 0 spiro atoms. The summed E-state index contributed by atoms with van der Waals surface area (Å²) in [5.41, 5.74) is 0. The van der Waals surface area contributed by atoms with E-state index in [4.69, 9.17) is 38.5 Å². The molecule has 0 fully saturated rings. The first-order valence-electron chi connectivity index (χ1n) is 1.46. The molecule has 0 aromatic heterocycles. The van der Waals surface area contributed by atoms with Crippen molar-refractivity contribution in [2.75, 3.05) is 0 Å². The quantitative estimate of drug-likeness (QED) is 0.311. The van der Waals surface area contributed by atoms with Gasteiger partial charge in [-0.15, -0.1) is 0 Å². The molecule has 0 amide bonds. The minimum Gasteiger partial charge on any atom is -0.822 e. The van der Waals surface area contributed by atoms with Crippen LogP contribution in [0.15, 0.2) is 0 Å². The smallest absolute Gasteiger partial charge is 0.822 e. The molecular weight excluding hydrogens is 286 g/mol. The van der Waals surface area contributed by atoms with E-state index in [1.54, 1.807) is 0 Å². The molecule has 0 saturated carbocycles. The Bertz CT molecular complexity index is 140. The third kappa shape index (κ3) is 568. The molecular formula is HFFeLi3O8P2. The zero-order valence-corrected chi connectivity index (χ0v) is 10.8. The minimum absolute atomic E-state index is 0. The van der Waals surface area contributed by atoms with Crippen molar-refractivity contribution in [2.45, 2.75) is 0 Å². The van der Waals surface area contributed by atoms with E-state index in [1.165, 1.54) is 0 Å². The maximum atomic E-state index is 8.55. The van der Waals surface area contributed by atoms with Crippen LogP contribution in [0.25, 0.3) is 0 Å². The summed E-state index contributed by atoms with van der Waals surface area (Å²) in [6.45, 7) is 0. The van der Waals surface area contributed by atoms with Gasteiger partial charge in [0.15, 0.2) is 0 Å². The summed E-state index contributed by atoms with van der Waals surface area (Å²) in [4.78, 5) is 51.3. The van der Waals surface area contributed by atoms with Crippen LogP contribution in [-0.4, -0.2) is 0 Å². The fourth-order valence-corrected chi connectivity index (χ4v) is 0. The molecule has 0 aromatic carbocycles. The van der Waals surface area contributed by atoms with Crippen LogP contribution in [-0.2, 0) is 26.2 Å². The van der Waals surface area contributed by atoms with Crippen molar-refractivity contribution in [2.24, 2.45) is 0 Å². The molecule has 0 heterocycles. The van der Waals surface area contributed by atoms with Gasteiger partial charge in [0.2, 0.25) is 0 Å². The normalized spacial score (nSPS) is 7.87. The van der Waals surface area contributed by atoms with E-state index >= 15 is 0 Å². The number of hydrogen-bond acceptors (Lipinski definition) is 8. The average molecular weight is 287 g/mol. The van der Waals surface area contributed by atoms with Gasteiger partial charge in [-0.05, 0) is 0 Å². The molecule has 15 heavy (non-hydrogen) atoms. The second-order valence-corrected chi connectivity index (χ2v) is 2.68. The van der Waals surface area contributed by atoms with Crippen LogP contribution in [0.4, 0.5) is 4.70 Å². The Labute approximate surface area is 131 Å². The summed E-state index contributed by atoms with van der Waals surface area (Å²) in [6.07, 6.45) is 0. The van der Waals surface area contributed by atoms with Crippen molar-refractivity contribution in [3.63, 3.8) is 0 Å². The van der Waals surface area contributed by atoms with Crippen LogP contribution in [0.5, 0.6) is 0 Å². The molecule has 1 radical (unpaired) electrons. The molecule has 0 aliphatic rings. The van der Waals surface area contributed by atoms with Gasteiger partial charge >= 0.3 is 73.7 Å². The van der Waals surface area contributed by atoms with Crippen LogP contribution >= 0.6 is 15.6 Å². The maximum absolute atomic E-state index is 8.55. The summed E-state index contributed by atoms with van der Waals surface area (Å²) in [6, 6.07) is 0. The first-order chi connectivity index (χ1) is 4.00. The molecule has 0 saturated heterocycles. The van der Waals surface area contributed by atoms with E-state index in [9.17, 15) is 0 Å². The molecule has 0 aromatic rings. The van der Waals surface area contributed by atoms with Gasteiger partial charge in [-0.3, -0.25) is 4.70 Å². The van der Waals surface area contributed by atoms with Crippen molar-refractivity contribution in [3.05, 3.63) is 0 Å². The van der Waals surface area contributed by atoms with E-state index < -0.39 is 15.6 Å². The predicted molar refractivity (Wildman–Crippen MR) is 17.7 cm³/mol. The second-order valence-electron chi connectivity index (χ2n) is 0.894. The summed E-state index contributed by atoms with van der Waals surface area (Å²) < 4.78 is 17.1. The topological polar surface area (TPSA) is 172 Å². The number of halogens is 1. The van der Waals surface area contributed by atoms with Gasteiger partial charge in [0.05, 0.1) is 0 Å². The zero-order valence-electron chi connectivity index (χ0n) is 7.92. The Morgan fingerprint density at radius 1 is 0.600 bits per heavy atom. The fraction of sp³-hybridized carbons (Fsp3) is 0. The molecule has 0 rings (SSSR count). The summed E-state index contributed by atoms with van der Waals surface area (Å²) in [7, 11) is -10.8. The number of hydrogen-bond donors (Lipinski definition) is 0. The van der Waals surface area contributed by atoms with Crippen molar-refractivity contribution < 1.29 is 117 Å². The van der Waals surface area contributed by atoms with E-state index in [0.29, 0.717) is 0 Å². The Kier molecular flexibility index (Phi) is 54.2. The molecule has 0 atom stereocenters. The molecule has 0 unspecified atom stereocenters. The Balaban J connectivity index is -0.0000000128. The van der Waals surface area contributed by atoms with Crippen LogP contribution in [0.2, 0.25) is 0 Å². The van der Waals surface area contributed by atoms with Gasteiger partial charge in [0.25, 0.3) is 0 Å². The van der Waals surface area contributed by atoms with Crippen molar-refractivity contribution in [3.8, 4) is 0 Å². The SMILES string of the molecule is F.O=P([O-])([O-])[O-].O=P([O-])([O-])[O-].[Fe+3].[Li+].[Li+].[Li+]. The van der Waals surface area contributed by atoms with Gasteiger partial charge < -0.3 is 38.5 Å². The Hall–Kier alpha value is 2.46. The molecule has 15 heteroatoms. The van der Waals surface area contributed by atoms with Crippen molar-refractivity contribution >= 4 is 15.6 Å². The molecule has 0 aliphatic carbocycles. The summed E-state index contributed by atoms with van der Waals surface area (Å²) in [5, 5.41) is 0. The third-order valence-corrected chi connectivity index (χ3v) is 0. The molecule has 8 nitrogen and oxygen atoms in total. The maximum Gasteiger partial charge on any atom is 3.00 e. The predicted octanol–water partition coefficient (Wildman–Crippen LogP) is -14.5. The van der Waals surface area contributed by atoms with E-state index in [-0.39, 0.29) is 78.4 Å². The van der Waals surface area contributed by atoms with Gasteiger partial charge in [0.1, 0.15) is 0 Å². The largest absolute Gasteiger partial charge is 3.00 e. The molecule has 0 aliphatic heterocycles. The summed E-state index contributed by atoms with van der Waals surface area (Å²) in [5.74, 6) is 0. The van der Waals surface area contributed by atoms with Crippen LogP contribution in [0.3, 0.4) is 0 Å². The van der Waals surface area contributed by atoms with Crippen molar-refractivity contribution in [1.82, 2.24) is 0 Å². The first kappa shape index (κ1) is 43.2. The number of rotatable bonds is 0. The standard InChI is InChI=1S/FH.Fe.3Li.2H3O4P/c;;;;;2*1-5(2,3)4/h1H;;;;;2*(H3,1,2,3,4)/q;+3;3*+1;;/p-6. The Morgan fingerprint density at radius 2 is 0.600 bits per heavy atom. The van der Waals surface area contributed by atoms with Crippen LogP contribution < -0.4 is 85.9 Å². The molecule has 0 N–H and O–H groups in total. The third-order valence-electron chi connectivity index (χ3n) is 0. The van der Waals surface area contributed by atoms with Gasteiger partial charge in [0, 0.05) is 0 Å². The fourth-order valence-electron chi connectivity index (χ4n) is 0. The van der Waals surface area contributed by atoms with Crippen LogP contribution in [0.1, 0.15) is 0 Å². The first-order valence-corrected chi connectivity index (χ1v) is 4.38. The average Bonchev–Trinajstić information content (AvgIpc) is 1.12. The van der Waals surface area contributed by atoms with Crippen molar-refractivity contribution in [1.29, 1.82) is 0 Å². The monoisotopic (exact) mass is 287 g/mol. The van der Waals surface area contributed by atoms with E-state index in [2.05, 4.69) is 0 Å². The van der Waals surface area contributed by atoms with E-state index in [1.807, 2.05) is 0 Å². The van der Waals surface area contributed by atoms with Gasteiger partial charge in [-0.2, -0.15) is 15.6 Å². The molecule has 0 bridgehead atoms. The number of phosphoric acid groups is 2. The van der Waals surface area contributed by atoms with Gasteiger partial charge in [-0.1, -0.05) is 0 Å². The van der Waals surface area contributed by atoms with Gasteiger partial charge in [-0.25, -0.2) is 0 Å². The minimum atomic E-state index is -5.39. The van der Waals surface area contributed by atoms with E-state index in [0.717, 1.165) is 0 Å². The Morgan fingerprint density at radius 3 is 0.600 bits per heavy atom. The van der Waals surface area contributed by atoms with Crippen LogP contribution in [0, 0.1) is 0 Å². The zero-order chi connectivity index (χ0) is 9.00. The second kappa shape index (κ2) is 18.8.